The van der Waals surface area contributed by atoms with E-state index in [0.717, 1.165) is 0 Å². The molecule has 5 heteroatoms. The van der Waals surface area contributed by atoms with Crippen molar-refractivity contribution in [3.8, 4) is 0 Å². The molecule has 0 saturated carbocycles. The summed E-state index contributed by atoms with van der Waals surface area (Å²) in [5.41, 5.74) is 5.04. The molecule has 0 aromatic heterocycles. The zero-order valence-electron chi connectivity index (χ0n) is 5.59. The van der Waals surface area contributed by atoms with Crippen LogP contribution in [0, 0.1) is 0 Å². The average Bonchev–Trinajstić information content (AvgIpc) is 1.88. The molecule has 0 atom stereocenters. The van der Waals surface area contributed by atoms with Gasteiger partial charge in [-0.2, -0.15) is 0 Å². The highest BCUT2D eigenvalue weighted by Gasteiger charge is 2.16. The number of carbonyl (C=O) groups excluding carboxylic acids is 1. The van der Waals surface area contributed by atoms with Crippen LogP contribution in [0.1, 0.15) is 0 Å². The van der Waals surface area contributed by atoms with Crippen molar-refractivity contribution in [3.05, 3.63) is 0 Å². The van der Waals surface area contributed by atoms with Gasteiger partial charge < -0.3 is 10.6 Å². The van der Waals surface area contributed by atoms with Crippen molar-refractivity contribution in [2.45, 2.75) is 0 Å². The number of urea groups is 1. The molecule has 1 aliphatic rings. The third-order valence-corrected chi connectivity index (χ3v) is 1.87. The number of nitrogens with zero attached hydrogens (tertiary/aromatic N) is 2. The van der Waals surface area contributed by atoms with Gasteiger partial charge >= 0.3 is 6.03 Å². The SMILES string of the molecule is NC(=O)N1CCN(Cl)CC1. The summed E-state index contributed by atoms with van der Waals surface area (Å²) in [6.07, 6.45) is 0. The first kappa shape index (κ1) is 7.63. The zero-order valence-corrected chi connectivity index (χ0v) is 6.34. The van der Waals surface area contributed by atoms with E-state index in [9.17, 15) is 4.79 Å². The Morgan fingerprint density at radius 2 is 1.80 bits per heavy atom. The van der Waals surface area contributed by atoms with Crippen molar-refractivity contribution < 1.29 is 4.79 Å². The van der Waals surface area contributed by atoms with Gasteiger partial charge in [-0.3, -0.25) is 0 Å². The lowest BCUT2D eigenvalue weighted by atomic mass is 10.4. The summed E-state index contributed by atoms with van der Waals surface area (Å²) in [5.74, 6) is 0. The first-order valence-corrected chi connectivity index (χ1v) is 3.49. The molecule has 0 spiro atoms. The van der Waals surface area contributed by atoms with Crippen LogP contribution in [0.2, 0.25) is 0 Å². The lowest BCUT2D eigenvalue weighted by Gasteiger charge is -2.29. The summed E-state index contributed by atoms with van der Waals surface area (Å²) < 4.78 is 1.65. The summed E-state index contributed by atoms with van der Waals surface area (Å²) in [6, 6.07) is -0.357. The van der Waals surface area contributed by atoms with Crippen molar-refractivity contribution in [2.24, 2.45) is 5.73 Å². The second-order valence-corrected chi connectivity index (χ2v) is 2.71. The molecule has 2 N–H and O–H groups in total. The molecule has 10 heavy (non-hydrogen) atoms. The maximum absolute atomic E-state index is 10.5. The van der Waals surface area contributed by atoms with Gasteiger partial charge in [0.05, 0.1) is 0 Å². The first-order valence-electron chi connectivity index (χ1n) is 3.15. The number of hydrogen-bond donors (Lipinski definition) is 1. The van der Waals surface area contributed by atoms with Crippen LogP contribution < -0.4 is 5.73 Å². The number of amides is 2. The van der Waals surface area contributed by atoms with Crippen LogP contribution in [-0.2, 0) is 0 Å². The molecule has 1 rings (SSSR count). The fourth-order valence-electron chi connectivity index (χ4n) is 0.902. The Bertz CT molecular complexity index is 133. The number of piperazine rings is 1. The lowest BCUT2D eigenvalue weighted by molar-refractivity contribution is 0.182. The van der Waals surface area contributed by atoms with Gasteiger partial charge in [0, 0.05) is 26.2 Å². The molecule has 1 saturated heterocycles. The van der Waals surface area contributed by atoms with E-state index in [1.165, 1.54) is 0 Å². The van der Waals surface area contributed by atoms with E-state index in [2.05, 4.69) is 0 Å². The van der Waals surface area contributed by atoms with Gasteiger partial charge in [-0.15, -0.1) is 0 Å². The monoisotopic (exact) mass is 163 g/mol. The molecule has 0 radical (unpaired) electrons. The van der Waals surface area contributed by atoms with E-state index >= 15 is 0 Å². The molecule has 0 aromatic carbocycles. The second-order valence-electron chi connectivity index (χ2n) is 2.24. The molecule has 0 aromatic rings. The average molecular weight is 164 g/mol. The Morgan fingerprint density at radius 3 is 2.20 bits per heavy atom. The van der Waals surface area contributed by atoms with Crippen LogP contribution in [0.25, 0.3) is 0 Å². The Morgan fingerprint density at radius 1 is 1.30 bits per heavy atom. The highest BCUT2D eigenvalue weighted by atomic mass is 35.5. The number of nitrogens with two attached hydrogens (primary N) is 1. The largest absolute Gasteiger partial charge is 0.351 e. The van der Waals surface area contributed by atoms with E-state index in [-0.39, 0.29) is 6.03 Å². The first-order chi connectivity index (χ1) is 4.70. The Labute approximate surface area is 64.6 Å². The van der Waals surface area contributed by atoms with E-state index in [1.54, 1.807) is 9.32 Å². The van der Waals surface area contributed by atoms with Gasteiger partial charge in [-0.1, -0.05) is 0 Å². The molecule has 1 aliphatic heterocycles. The molecular formula is C5H10ClN3O. The quantitative estimate of drug-likeness (QED) is 0.505. The summed E-state index contributed by atoms with van der Waals surface area (Å²) in [4.78, 5) is 12.1. The van der Waals surface area contributed by atoms with Crippen LogP contribution in [0.15, 0.2) is 0 Å². The minimum absolute atomic E-state index is 0.357. The standard InChI is InChI=1S/C5H10ClN3O/c6-9-3-1-8(2-4-9)5(7)10/h1-4H2,(H2,7,10). The second kappa shape index (κ2) is 3.07. The van der Waals surface area contributed by atoms with Crippen LogP contribution in [0.3, 0.4) is 0 Å². The maximum atomic E-state index is 10.5. The number of halogens is 1. The fraction of sp³-hybridized carbons (Fsp3) is 0.800. The molecule has 2 amide bonds. The summed E-state index contributed by atoms with van der Waals surface area (Å²) in [5, 5.41) is 0. The Hall–Kier alpha value is -0.480. The van der Waals surface area contributed by atoms with Crippen molar-refractivity contribution >= 4 is 17.8 Å². The van der Waals surface area contributed by atoms with E-state index in [4.69, 9.17) is 17.5 Å². The van der Waals surface area contributed by atoms with Crippen LogP contribution in [-0.4, -0.2) is 41.5 Å². The Balaban J connectivity index is 2.33. The topological polar surface area (TPSA) is 49.6 Å². The van der Waals surface area contributed by atoms with E-state index in [1.807, 2.05) is 0 Å². The molecule has 58 valence electrons. The van der Waals surface area contributed by atoms with Crippen LogP contribution >= 0.6 is 11.8 Å². The van der Waals surface area contributed by atoms with Crippen LogP contribution in [0.4, 0.5) is 4.79 Å². The normalized spacial score (nSPS) is 21.1. The maximum Gasteiger partial charge on any atom is 0.314 e. The minimum Gasteiger partial charge on any atom is -0.351 e. The molecular weight excluding hydrogens is 154 g/mol. The number of primary amides is 1. The van der Waals surface area contributed by atoms with Gasteiger partial charge in [0.1, 0.15) is 0 Å². The predicted molar refractivity (Wildman–Crippen MR) is 38.6 cm³/mol. The number of carbonyl (C=O) groups is 1. The van der Waals surface area contributed by atoms with Crippen molar-refractivity contribution in [3.63, 3.8) is 0 Å². The highest BCUT2D eigenvalue weighted by molar-refractivity contribution is 6.13. The van der Waals surface area contributed by atoms with E-state index < -0.39 is 0 Å². The molecule has 1 heterocycles. The zero-order chi connectivity index (χ0) is 7.56. The summed E-state index contributed by atoms with van der Waals surface area (Å²) >= 11 is 5.64. The fourth-order valence-corrected chi connectivity index (χ4v) is 1.05. The van der Waals surface area contributed by atoms with Crippen LogP contribution in [0.5, 0.6) is 0 Å². The number of rotatable bonds is 0. The third-order valence-electron chi connectivity index (χ3n) is 1.54. The molecule has 0 bridgehead atoms. The molecule has 1 fully saturated rings. The summed E-state index contributed by atoms with van der Waals surface area (Å²) in [7, 11) is 0. The van der Waals surface area contributed by atoms with Crippen molar-refractivity contribution in [2.75, 3.05) is 26.2 Å². The molecule has 0 aliphatic carbocycles. The van der Waals surface area contributed by atoms with E-state index in [0.29, 0.717) is 26.2 Å². The van der Waals surface area contributed by atoms with Crippen molar-refractivity contribution in [1.29, 1.82) is 0 Å². The number of hydrogen-bond acceptors (Lipinski definition) is 2. The smallest absolute Gasteiger partial charge is 0.314 e. The molecule has 0 unspecified atom stereocenters. The van der Waals surface area contributed by atoms with Crippen molar-refractivity contribution in [1.82, 2.24) is 9.32 Å². The van der Waals surface area contributed by atoms with Gasteiger partial charge in [0.25, 0.3) is 0 Å². The lowest BCUT2D eigenvalue weighted by Crippen LogP contribution is -2.47. The predicted octanol–water partition coefficient (Wildman–Crippen LogP) is -0.163. The van der Waals surface area contributed by atoms with Gasteiger partial charge in [0.15, 0.2) is 0 Å². The third kappa shape index (κ3) is 1.75. The summed E-state index contributed by atoms with van der Waals surface area (Å²) in [6.45, 7) is 2.67. The minimum atomic E-state index is -0.357. The van der Waals surface area contributed by atoms with Gasteiger partial charge in [-0.25, -0.2) is 9.21 Å². The van der Waals surface area contributed by atoms with Gasteiger partial charge in [-0.05, 0) is 11.8 Å². The molecule has 4 nitrogen and oxygen atoms in total. The van der Waals surface area contributed by atoms with Gasteiger partial charge in [0.2, 0.25) is 0 Å². The highest BCUT2D eigenvalue weighted by Crippen LogP contribution is 2.02. The Kier molecular flexibility index (Phi) is 2.34.